The molecule has 0 amide bonds. The van der Waals surface area contributed by atoms with Gasteiger partial charge in [0.05, 0.1) is 16.5 Å². The molecule has 2 aromatic rings. The lowest BCUT2D eigenvalue weighted by molar-refractivity contribution is 0.281. The summed E-state index contributed by atoms with van der Waals surface area (Å²) in [6.07, 6.45) is 0.566. The van der Waals surface area contributed by atoms with Crippen LogP contribution in [0.25, 0.3) is 0 Å². The van der Waals surface area contributed by atoms with Gasteiger partial charge in [-0.05, 0) is 31.0 Å². The van der Waals surface area contributed by atoms with Crippen molar-refractivity contribution in [1.82, 2.24) is 9.71 Å². The predicted octanol–water partition coefficient (Wildman–Crippen LogP) is 1.77. The van der Waals surface area contributed by atoms with E-state index in [0.717, 1.165) is 10.7 Å². The first-order chi connectivity index (χ1) is 9.92. The Hall–Kier alpha value is -1.28. The molecule has 0 spiro atoms. The average Bonchev–Trinajstić information content (AvgIpc) is 2.84. The van der Waals surface area contributed by atoms with Crippen molar-refractivity contribution in [3.63, 3.8) is 0 Å². The molecule has 1 aromatic carbocycles. The van der Waals surface area contributed by atoms with Gasteiger partial charge in [-0.15, -0.1) is 11.3 Å². The Kier molecular flexibility index (Phi) is 5.10. The van der Waals surface area contributed by atoms with E-state index in [1.807, 2.05) is 12.3 Å². The van der Waals surface area contributed by atoms with Gasteiger partial charge in [0.1, 0.15) is 0 Å². The molecular formula is C14H18N2O3S2. The Bertz CT molecular complexity index is 724. The average molecular weight is 326 g/mol. The summed E-state index contributed by atoms with van der Waals surface area (Å²) in [7, 11) is -3.57. The number of aliphatic hydroxyl groups excluding tert-OH is 1. The molecule has 0 saturated carbocycles. The molecule has 1 aromatic heterocycles. The first kappa shape index (κ1) is 16.1. The lowest BCUT2D eigenvalue weighted by Gasteiger charge is -2.10. The van der Waals surface area contributed by atoms with E-state index in [9.17, 15) is 8.42 Å². The van der Waals surface area contributed by atoms with Crippen LogP contribution >= 0.6 is 11.3 Å². The fraction of sp³-hybridized carbons (Fsp3) is 0.357. The molecule has 0 radical (unpaired) electrons. The lowest BCUT2D eigenvalue weighted by atomic mass is 10.2. The standard InChI is InChI=1S/C14H18N2O3S2/c1-10-3-4-12(8-17)7-13(10)21(18,19)15-6-5-14-16-11(2)9-20-14/h3-4,7,9,15,17H,5-6,8H2,1-2H3. The minimum atomic E-state index is -3.57. The molecule has 0 bridgehead atoms. The molecule has 0 fully saturated rings. The fourth-order valence-corrected chi connectivity index (χ4v) is 4.02. The van der Waals surface area contributed by atoms with Crippen molar-refractivity contribution in [2.24, 2.45) is 0 Å². The zero-order valence-electron chi connectivity index (χ0n) is 12.0. The summed E-state index contributed by atoms with van der Waals surface area (Å²) in [5.41, 5.74) is 2.19. The van der Waals surface area contributed by atoms with Crippen molar-refractivity contribution >= 4 is 21.4 Å². The van der Waals surface area contributed by atoms with Crippen molar-refractivity contribution in [3.8, 4) is 0 Å². The van der Waals surface area contributed by atoms with Crippen LogP contribution in [-0.4, -0.2) is 25.1 Å². The number of benzene rings is 1. The summed E-state index contributed by atoms with van der Waals surface area (Å²) >= 11 is 1.53. The van der Waals surface area contributed by atoms with E-state index in [1.165, 1.54) is 17.4 Å². The van der Waals surface area contributed by atoms with Gasteiger partial charge >= 0.3 is 0 Å². The van der Waals surface area contributed by atoms with Crippen molar-refractivity contribution in [2.45, 2.75) is 31.8 Å². The molecule has 2 N–H and O–H groups in total. The van der Waals surface area contributed by atoms with Crippen molar-refractivity contribution in [1.29, 1.82) is 0 Å². The summed E-state index contributed by atoms with van der Waals surface area (Å²) in [6, 6.07) is 4.92. The van der Waals surface area contributed by atoms with Gasteiger partial charge in [-0.25, -0.2) is 18.1 Å². The molecule has 7 heteroatoms. The van der Waals surface area contributed by atoms with Gasteiger partial charge in [-0.1, -0.05) is 12.1 Å². The predicted molar refractivity (Wildman–Crippen MR) is 82.8 cm³/mol. The first-order valence-corrected chi connectivity index (χ1v) is 8.90. The maximum absolute atomic E-state index is 12.3. The third-order valence-corrected chi connectivity index (χ3v) is 5.65. The number of aryl methyl sites for hydroxylation is 2. The molecular weight excluding hydrogens is 308 g/mol. The molecule has 0 aliphatic heterocycles. The van der Waals surface area contributed by atoms with Gasteiger partial charge in [0.15, 0.2) is 0 Å². The quantitative estimate of drug-likeness (QED) is 0.848. The molecule has 5 nitrogen and oxygen atoms in total. The van der Waals surface area contributed by atoms with Crippen LogP contribution in [0.2, 0.25) is 0 Å². The van der Waals surface area contributed by atoms with Crippen molar-refractivity contribution in [3.05, 3.63) is 45.4 Å². The van der Waals surface area contributed by atoms with Crippen LogP contribution in [0.3, 0.4) is 0 Å². The van der Waals surface area contributed by atoms with E-state index in [1.54, 1.807) is 19.1 Å². The topological polar surface area (TPSA) is 79.3 Å². The van der Waals surface area contributed by atoms with Crippen LogP contribution in [0, 0.1) is 13.8 Å². The number of sulfonamides is 1. The zero-order valence-corrected chi connectivity index (χ0v) is 13.6. The Labute approximate surface area is 128 Å². The number of aliphatic hydroxyl groups is 1. The Balaban J connectivity index is 2.07. The highest BCUT2D eigenvalue weighted by molar-refractivity contribution is 7.89. The molecule has 0 saturated heterocycles. The minimum absolute atomic E-state index is 0.179. The van der Waals surface area contributed by atoms with Crippen LogP contribution in [0.15, 0.2) is 28.5 Å². The summed E-state index contributed by atoms with van der Waals surface area (Å²) in [4.78, 5) is 4.51. The number of nitrogens with zero attached hydrogens (tertiary/aromatic N) is 1. The van der Waals surface area contributed by atoms with Crippen LogP contribution in [0.5, 0.6) is 0 Å². The monoisotopic (exact) mass is 326 g/mol. The van der Waals surface area contributed by atoms with E-state index in [2.05, 4.69) is 9.71 Å². The highest BCUT2D eigenvalue weighted by Gasteiger charge is 2.17. The van der Waals surface area contributed by atoms with Gasteiger partial charge in [0.25, 0.3) is 0 Å². The van der Waals surface area contributed by atoms with E-state index in [0.29, 0.717) is 24.1 Å². The van der Waals surface area contributed by atoms with Crippen LogP contribution in [0.1, 0.15) is 21.8 Å². The summed E-state index contributed by atoms with van der Waals surface area (Å²) < 4.78 is 27.2. The molecule has 0 atom stereocenters. The van der Waals surface area contributed by atoms with Crippen LogP contribution in [0.4, 0.5) is 0 Å². The Morgan fingerprint density at radius 3 is 2.71 bits per heavy atom. The fourth-order valence-electron chi connectivity index (χ4n) is 1.92. The molecule has 2 rings (SSSR count). The smallest absolute Gasteiger partial charge is 0.240 e. The third-order valence-electron chi connectivity index (χ3n) is 3.02. The second-order valence-electron chi connectivity index (χ2n) is 4.79. The maximum Gasteiger partial charge on any atom is 0.240 e. The molecule has 1 heterocycles. The number of thiazole rings is 1. The van der Waals surface area contributed by atoms with Gasteiger partial charge in [0, 0.05) is 24.0 Å². The maximum atomic E-state index is 12.3. The van der Waals surface area contributed by atoms with Gasteiger partial charge < -0.3 is 5.11 Å². The van der Waals surface area contributed by atoms with Crippen LogP contribution < -0.4 is 4.72 Å². The van der Waals surface area contributed by atoms with Gasteiger partial charge in [-0.3, -0.25) is 0 Å². The largest absolute Gasteiger partial charge is 0.392 e. The molecule has 0 unspecified atom stereocenters. The van der Waals surface area contributed by atoms with E-state index < -0.39 is 10.0 Å². The normalized spacial score (nSPS) is 11.8. The molecule has 114 valence electrons. The Morgan fingerprint density at radius 2 is 2.10 bits per heavy atom. The van der Waals surface area contributed by atoms with E-state index in [4.69, 9.17) is 5.11 Å². The summed E-state index contributed by atoms with van der Waals surface area (Å²) in [5, 5.41) is 12.0. The zero-order chi connectivity index (χ0) is 15.5. The minimum Gasteiger partial charge on any atom is -0.392 e. The van der Waals surface area contributed by atoms with Gasteiger partial charge in [0.2, 0.25) is 10.0 Å². The van der Waals surface area contributed by atoms with E-state index in [-0.39, 0.29) is 11.5 Å². The number of rotatable bonds is 6. The number of nitrogens with one attached hydrogen (secondary N) is 1. The van der Waals surface area contributed by atoms with Crippen molar-refractivity contribution in [2.75, 3.05) is 6.54 Å². The second-order valence-corrected chi connectivity index (χ2v) is 7.47. The summed E-state index contributed by atoms with van der Waals surface area (Å²) in [5.74, 6) is 0. The van der Waals surface area contributed by atoms with Crippen LogP contribution in [-0.2, 0) is 23.1 Å². The highest BCUT2D eigenvalue weighted by atomic mass is 32.2. The first-order valence-electron chi connectivity index (χ1n) is 6.53. The van der Waals surface area contributed by atoms with Crippen molar-refractivity contribution < 1.29 is 13.5 Å². The highest BCUT2D eigenvalue weighted by Crippen LogP contribution is 2.17. The lowest BCUT2D eigenvalue weighted by Crippen LogP contribution is -2.26. The Morgan fingerprint density at radius 1 is 1.33 bits per heavy atom. The molecule has 0 aliphatic carbocycles. The van der Waals surface area contributed by atoms with E-state index >= 15 is 0 Å². The number of hydrogen-bond acceptors (Lipinski definition) is 5. The second kappa shape index (κ2) is 6.65. The third kappa shape index (κ3) is 4.10. The number of hydrogen-bond donors (Lipinski definition) is 2. The molecule has 0 aliphatic rings. The van der Waals surface area contributed by atoms with Gasteiger partial charge in [-0.2, -0.15) is 0 Å². The summed E-state index contributed by atoms with van der Waals surface area (Å²) in [6.45, 7) is 3.77. The SMILES string of the molecule is Cc1csc(CCNS(=O)(=O)c2cc(CO)ccc2C)n1. The number of aromatic nitrogens is 1. The molecule has 21 heavy (non-hydrogen) atoms.